The number of nitrogens with zero attached hydrogens (tertiary/aromatic N) is 1. The summed E-state index contributed by atoms with van der Waals surface area (Å²) in [5.74, 6) is 1.13. The summed E-state index contributed by atoms with van der Waals surface area (Å²) in [6, 6.07) is 6.48. The van der Waals surface area contributed by atoms with E-state index in [9.17, 15) is 9.59 Å². The van der Waals surface area contributed by atoms with Gasteiger partial charge in [0.15, 0.2) is 5.76 Å². The average molecular weight is 384 g/mol. The molecule has 0 aliphatic carbocycles. The topological polar surface area (TPSA) is 81.0 Å². The molecule has 4 rings (SSSR count). The molecule has 2 amide bonds. The molecule has 0 radical (unpaired) electrons. The molecule has 0 saturated carbocycles. The molecule has 148 valence electrons. The van der Waals surface area contributed by atoms with E-state index < -0.39 is 6.04 Å². The van der Waals surface area contributed by atoms with Gasteiger partial charge in [0.05, 0.1) is 18.6 Å². The number of rotatable bonds is 5. The molecule has 2 aromatic rings. The highest BCUT2D eigenvalue weighted by molar-refractivity contribution is 6.01. The van der Waals surface area contributed by atoms with E-state index in [1.165, 1.54) is 6.26 Å². The summed E-state index contributed by atoms with van der Waals surface area (Å²) >= 11 is 0. The predicted octanol–water partition coefficient (Wildman–Crippen LogP) is 3.25. The van der Waals surface area contributed by atoms with Gasteiger partial charge in [0, 0.05) is 24.6 Å². The second kappa shape index (κ2) is 7.58. The maximum Gasteiger partial charge on any atom is 0.290 e. The fourth-order valence-electron chi connectivity index (χ4n) is 3.85. The number of ether oxygens (including phenoxy) is 2. The van der Waals surface area contributed by atoms with E-state index in [1.54, 1.807) is 17.0 Å². The van der Waals surface area contributed by atoms with Gasteiger partial charge in [0.25, 0.3) is 5.91 Å². The highest BCUT2D eigenvalue weighted by Gasteiger charge is 2.36. The number of carbonyl (C=O) groups is 2. The molecule has 2 aliphatic heterocycles. The Balaban J connectivity index is 1.54. The molecule has 2 aliphatic rings. The molecular weight excluding hydrogens is 360 g/mol. The number of anilines is 1. The molecule has 7 nitrogen and oxygen atoms in total. The molecule has 0 bridgehead atoms. The SMILES string of the molecule is CCOc1cc2c(cc1NC(=O)[C@@H]1CCCN1C(=O)c1ccco1)O[C@@H](C)C2. The zero-order valence-corrected chi connectivity index (χ0v) is 16.1. The fourth-order valence-corrected chi connectivity index (χ4v) is 3.85. The van der Waals surface area contributed by atoms with Gasteiger partial charge in [-0.05, 0) is 44.9 Å². The lowest BCUT2D eigenvalue weighted by Crippen LogP contribution is -2.43. The van der Waals surface area contributed by atoms with Crippen molar-refractivity contribution in [3.63, 3.8) is 0 Å². The van der Waals surface area contributed by atoms with E-state index in [0.717, 1.165) is 24.2 Å². The van der Waals surface area contributed by atoms with Crippen LogP contribution in [0.3, 0.4) is 0 Å². The summed E-state index contributed by atoms with van der Waals surface area (Å²) in [5.41, 5.74) is 1.64. The third-order valence-electron chi connectivity index (χ3n) is 5.10. The summed E-state index contributed by atoms with van der Waals surface area (Å²) in [5, 5.41) is 2.94. The average Bonchev–Trinajstić information content (AvgIpc) is 3.41. The molecule has 0 unspecified atom stereocenters. The maximum absolute atomic E-state index is 13.0. The lowest BCUT2D eigenvalue weighted by atomic mass is 10.1. The molecule has 1 aromatic carbocycles. The molecule has 1 aromatic heterocycles. The molecular formula is C21H24N2O5. The summed E-state index contributed by atoms with van der Waals surface area (Å²) < 4.78 is 16.7. The van der Waals surface area contributed by atoms with Crippen LogP contribution in [0.4, 0.5) is 5.69 Å². The van der Waals surface area contributed by atoms with Crippen LogP contribution < -0.4 is 14.8 Å². The predicted molar refractivity (Wildman–Crippen MR) is 103 cm³/mol. The molecule has 2 atom stereocenters. The first kappa shape index (κ1) is 18.4. The second-order valence-corrected chi connectivity index (χ2v) is 7.14. The summed E-state index contributed by atoms with van der Waals surface area (Å²) in [7, 11) is 0. The van der Waals surface area contributed by atoms with Crippen LogP contribution >= 0.6 is 0 Å². The Bertz CT molecular complexity index is 877. The number of hydrogen-bond donors (Lipinski definition) is 1. The first-order valence-electron chi connectivity index (χ1n) is 9.68. The molecule has 1 saturated heterocycles. The van der Waals surface area contributed by atoms with E-state index in [1.807, 2.05) is 26.0 Å². The number of carbonyl (C=O) groups excluding carboxylic acids is 2. The van der Waals surface area contributed by atoms with E-state index in [4.69, 9.17) is 13.9 Å². The van der Waals surface area contributed by atoms with Crippen LogP contribution in [0.25, 0.3) is 0 Å². The van der Waals surface area contributed by atoms with Crippen molar-refractivity contribution in [1.82, 2.24) is 4.90 Å². The van der Waals surface area contributed by atoms with Crippen molar-refractivity contribution in [2.75, 3.05) is 18.5 Å². The van der Waals surface area contributed by atoms with Crippen molar-refractivity contribution in [1.29, 1.82) is 0 Å². The van der Waals surface area contributed by atoms with Crippen molar-refractivity contribution >= 4 is 17.5 Å². The number of likely N-dealkylation sites (tertiary alicyclic amines) is 1. The van der Waals surface area contributed by atoms with Gasteiger partial charge >= 0.3 is 0 Å². The van der Waals surface area contributed by atoms with Crippen molar-refractivity contribution in [2.45, 2.75) is 45.3 Å². The number of nitrogens with one attached hydrogen (secondary N) is 1. The first-order valence-corrected chi connectivity index (χ1v) is 9.68. The van der Waals surface area contributed by atoms with E-state index in [-0.39, 0.29) is 23.7 Å². The standard InChI is InChI=1S/C21H24N2O5/c1-3-26-19-11-14-10-13(2)28-18(14)12-15(19)22-20(24)16-6-4-8-23(16)21(25)17-7-5-9-27-17/h5,7,9,11-13,16H,3-4,6,8,10H2,1-2H3,(H,22,24)/t13-,16-/m0/s1. The number of benzene rings is 1. The van der Waals surface area contributed by atoms with E-state index >= 15 is 0 Å². The van der Waals surface area contributed by atoms with Crippen LogP contribution in [-0.4, -0.2) is 42.0 Å². The zero-order valence-electron chi connectivity index (χ0n) is 16.1. The van der Waals surface area contributed by atoms with Crippen LogP contribution in [-0.2, 0) is 11.2 Å². The van der Waals surface area contributed by atoms with Gasteiger partial charge in [-0.15, -0.1) is 0 Å². The molecule has 1 N–H and O–H groups in total. The monoisotopic (exact) mass is 384 g/mol. The number of furan rings is 1. The van der Waals surface area contributed by atoms with E-state index in [2.05, 4.69) is 5.32 Å². The Labute approximate surface area is 163 Å². The minimum atomic E-state index is -0.542. The molecule has 3 heterocycles. The van der Waals surface area contributed by atoms with Crippen molar-refractivity contribution < 1.29 is 23.5 Å². The molecule has 28 heavy (non-hydrogen) atoms. The van der Waals surface area contributed by atoms with E-state index in [0.29, 0.717) is 31.0 Å². The summed E-state index contributed by atoms with van der Waals surface area (Å²) in [6.45, 7) is 4.93. The Hall–Kier alpha value is -2.96. The Morgan fingerprint density at radius 3 is 2.96 bits per heavy atom. The van der Waals surface area contributed by atoms with Crippen molar-refractivity contribution in [3.8, 4) is 11.5 Å². The normalized spacial score (nSPS) is 20.6. The molecule has 7 heteroatoms. The van der Waals surface area contributed by atoms with Gasteiger partial charge in [0.2, 0.25) is 5.91 Å². The van der Waals surface area contributed by atoms with Crippen LogP contribution in [0.15, 0.2) is 34.9 Å². The van der Waals surface area contributed by atoms with Gasteiger partial charge < -0.3 is 24.1 Å². The third-order valence-corrected chi connectivity index (χ3v) is 5.10. The minimum Gasteiger partial charge on any atom is -0.492 e. The van der Waals surface area contributed by atoms with Crippen molar-refractivity contribution in [3.05, 3.63) is 41.9 Å². The summed E-state index contributed by atoms with van der Waals surface area (Å²) in [4.78, 5) is 27.2. The van der Waals surface area contributed by atoms with Gasteiger partial charge in [0.1, 0.15) is 23.6 Å². The van der Waals surface area contributed by atoms with Crippen LogP contribution in [0.5, 0.6) is 11.5 Å². The van der Waals surface area contributed by atoms with Gasteiger partial charge in [-0.1, -0.05) is 0 Å². The summed E-state index contributed by atoms with van der Waals surface area (Å²) in [6.07, 6.45) is 3.76. The highest BCUT2D eigenvalue weighted by atomic mass is 16.5. The van der Waals surface area contributed by atoms with Gasteiger partial charge in [-0.3, -0.25) is 9.59 Å². The quantitative estimate of drug-likeness (QED) is 0.856. The maximum atomic E-state index is 13.0. The van der Waals surface area contributed by atoms with Crippen LogP contribution in [0.2, 0.25) is 0 Å². The smallest absolute Gasteiger partial charge is 0.290 e. The second-order valence-electron chi connectivity index (χ2n) is 7.14. The first-order chi connectivity index (χ1) is 13.6. The van der Waals surface area contributed by atoms with Crippen LogP contribution in [0.1, 0.15) is 42.8 Å². The largest absolute Gasteiger partial charge is 0.492 e. The number of amides is 2. The van der Waals surface area contributed by atoms with Crippen molar-refractivity contribution in [2.24, 2.45) is 0 Å². The lowest BCUT2D eigenvalue weighted by Gasteiger charge is -2.23. The lowest BCUT2D eigenvalue weighted by molar-refractivity contribution is -0.119. The van der Waals surface area contributed by atoms with Gasteiger partial charge in [-0.25, -0.2) is 0 Å². The number of fused-ring (bicyclic) bond motifs is 1. The Morgan fingerprint density at radius 2 is 2.21 bits per heavy atom. The fraction of sp³-hybridized carbons (Fsp3) is 0.429. The molecule has 0 spiro atoms. The van der Waals surface area contributed by atoms with Crippen LogP contribution in [0, 0.1) is 0 Å². The molecule has 1 fully saturated rings. The highest BCUT2D eigenvalue weighted by Crippen LogP contribution is 2.38. The van der Waals surface area contributed by atoms with Gasteiger partial charge in [-0.2, -0.15) is 0 Å². The minimum absolute atomic E-state index is 0.103. The zero-order chi connectivity index (χ0) is 19.7. The number of hydrogen-bond acceptors (Lipinski definition) is 5. The Morgan fingerprint density at radius 1 is 1.36 bits per heavy atom. The third kappa shape index (κ3) is 3.44. The Kier molecular flexibility index (Phi) is 4.98.